The summed E-state index contributed by atoms with van der Waals surface area (Å²) in [5.41, 5.74) is 2.84. The van der Waals surface area contributed by atoms with E-state index in [0.717, 1.165) is 19.5 Å². The first-order chi connectivity index (χ1) is 7.59. The maximum absolute atomic E-state index is 3.55. The zero-order chi connectivity index (χ0) is 12.0. The van der Waals surface area contributed by atoms with Crippen LogP contribution in [0.3, 0.4) is 0 Å². The molecule has 0 aliphatic carbocycles. The zero-order valence-corrected chi connectivity index (χ0v) is 11.0. The summed E-state index contributed by atoms with van der Waals surface area (Å²) in [6, 6.07) is 9.17. The van der Waals surface area contributed by atoms with Crippen molar-refractivity contribution in [1.29, 1.82) is 0 Å². The Labute approximate surface area is 99.7 Å². The fraction of sp³-hybridized carbons (Fsp3) is 0.571. The lowest BCUT2D eigenvalue weighted by molar-refractivity contribution is 0.387. The van der Waals surface area contributed by atoms with E-state index in [1.54, 1.807) is 0 Å². The number of rotatable bonds is 6. The number of nitrogens with one attached hydrogen (secondary N) is 1. The molecule has 1 aromatic rings. The van der Waals surface area contributed by atoms with E-state index >= 15 is 0 Å². The summed E-state index contributed by atoms with van der Waals surface area (Å²) in [7, 11) is 4.21. The topological polar surface area (TPSA) is 15.3 Å². The van der Waals surface area contributed by atoms with Crippen LogP contribution in [-0.2, 0) is 6.42 Å². The summed E-state index contributed by atoms with van der Waals surface area (Å²) in [6.45, 7) is 6.59. The second kappa shape index (κ2) is 6.66. The fourth-order valence-corrected chi connectivity index (χ4v) is 1.78. The van der Waals surface area contributed by atoms with Gasteiger partial charge in [0.2, 0.25) is 0 Å². The Balaban J connectivity index is 2.34. The molecule has 90 valence electrons. The van der Waals surface area contributed by atoms with Crippen molar-refractivity contribution in [2.75, 3.05) is 27.2 Å². The third kappa shape index (κ3) is 4.77. The molecule has 0 bridgehead atoms. The molecule has 1 atom stereocenters. The van der Waals surface area contributed by atoms with Gasteiger partial charge in [0.25, 0.3) is 0 Å². The molecule has 0 saturated heterocycles. The van der Waals surface area contributed by atoms with Crippen molar-refractivity contribution in [3.63, 3.8) is 0 Å². The molecule has 0 spiro atoms. The average molecular weight is 220 g/mol. The number of hydrogen-bond acceptors (Lipinski definition) is 2. The molecule has 0 aromatic heterocycles. The monoisotopic (exact) mass is 220 g/mol. The summed E-state index contributed by atoms with van der Waals surface area (Å²) in [5, 5.41) is 3.55. The van der Waals surface area contributed by atoms with Crippen LogP contribution in [0.1, 0.15) is 18.1 Å². The SMILES string of the molecule is Cc1ccccc1C[C@@H](C)NCCN(C)C. The minimum absolute atomic E-state index is 0.543. The van der Waals surface area contributed by atoms with E-state index in [0.29, 0.717) is 6.04 Å². The Hall–Kier alpha value is -0.860. The van der Waals surface area contributed by atoms with E-state index in [4.69, 9.17) is 0 Å². The van der Waals surface area contributed by atoms with E-state index in [1.165, 1.54) is 11.1 Å². The predicted molar refractivity (Wildman–Crippen MR) is 70.9 cm³/mol. The minimum atomic E-state index is 0.543. The van der Waals surface area contributed by atoms with Crippen molar-refractivity contribution in [1.82, 2.24) is 10.2 Å². The van der Waals surface area contributed by atoms with Gasteiger partial charge in [-0.05, 0) is 45.5 Å². The lowest BCUT2D eigenvalue weighted by Crippen LogP contribution is -2.34. The zero-order valence-electron chi connectivity index (χ0n) is 11.0. The van der Waals surface area contributed by atoms with E-state index < -0.39 is 0 Å². The first kappa shape index (κ1) is 13.2. The third-order valence-electron chi connectivity index (χ3n) is 2.84. The largest absolute Gasteiger partial charge is 0.313 e. The van der Waals surface area contributed by atoms with Crippen LogP contribution in [0.2, 0.25) is 0 Å². The van der Waals surface area contributed by atoms with Crippen molar-refractivity contribution in [3.8, 4) is 0 Å². The molecule has 1 aromatic carbocycles. The summed E-state index contributed by atoms with van der Waals surface area (Å²) in [6.07, 6.45) is 1.11. The molecule has 2 heteroatoms. The highest BCUT2D eigenvalue weighted by Gasteiger charge is 2.04. The van der Waals surface area contributed by atoms with Gasteiger partial charge in [0.05, 0.1) is 0 Å². The van der Waals surface area contributed by atoms with Crippen molar-refractivity contribution in [2.24, 2.45) is 0 Å². The Bertz CT molecular complexity index is 307. The fourth-order valence-electron chi connectivity index (χ4n) is 1.78. The highest BCUT2D eigenvalue weighted by Crippen LogP contribution is 2.09. The molecule has 0 fully saturated rings. The summed E-state index contributed by atoms with van der Waals surface area (Å²) < 4.78 is 0. The molecule has 0 amide bonds. The number of hydrogen-bond donors (Lipinski definition) is 1. The number of aryl methyl sites for hydroxylation is 1. The quantitative estimate of drug-likeness (QED) is 0.789. The van der Waals surface area contributed by atoms with Crippen molar-refractivity contribution in [3.05, 3.63) is 35.4 Å². The molecule has 0 heterocycles. The van der Waals surface area contributed by atoms with Crippen LogP contribution in [-0.4, -0.2) is 38.1 Å². The minimum Gasteiger partial charge on any atom is -0.313 e. The molecule has 1 rings (SSSR count). The van der Waals surface area contributed by atoms with Gasteiger partial charge in [-0.25, -0.2) is 0 Å². The van der Waals surface area contributed by atoms with E-state index in [1.807, 2.05) is 0 Å². The van der Waals surface area contributed by atoms with Gasteiger partial charge in [-0.15, -0.1) is 0 Å². The van der Waals surface area contributed by atoms with Crippen LogP contribution < -0.4 is 5.32 Å². The van der Waals surface area contributed by atoms with Gasteiger partial charge in [-0.3, -0.25) is 0 Å². The highest BCUT2D eigenvalue weighted by molar-refractivity contribution is 5.26. The Morgan fingerprint density at radius 2 is 1.94 bits per heavy atom. The van der Waals surface area contributed by atoms with Crippen LogP contribution in [0, 0.1) is 6.92 Å². The van der Waals surface area contributed by atoms with Gasteiger partial charge in [-0.2, -0.15) is 0 Å². The first-order valence-corrected chi connectivity index (χ1v) is 6.02. The highest BCUT2D eigenvalue weighted by atomic mass is 15.1. The van der Waals surface area contributed by atoms with Gasteiger partial charge in [0.1, 0.15) is 0 Å². The van der Waals surface area contributed by atoms with Crippen LogP contribution in [0.25, 0.3) is 0 Å². The van der Waals surface area contributed by atoms with Crippen molar-refractivity contribution >= 4 is 0 Å². The summed E-state index contributed by atoms with van der Waals surface area (Å²) in [4.78, 5) is 2.20. The standard InChI is InChI=1S/C14H24N2/c1-12-7-5-6-8-14(12)11-13(2)15-9-10-16(3)4/h5-8,13,15H,9-11H2,1-4H3/t13-/m1/s1. The molecule has 0 aliphatic heterocycles. The molecule has 0 unspecified atom stereocenters. The van der Waals surface area contributed by atoms with Gasteiger partial charge >= 0.3 is 0 Å². The summed E-state index contributed by atoms with van der Waals surface area (Å²) >= 11 is 0. The van der Waals surface area contributed by atoms with E-state index in [9.17, 15) is 0 Å². The van der Waals surface area contributed by atoms with Gasteiger partial charge in [0, 0.05) is 19.1 Å². The molecule has 0 radical (unpaired) electrons. The molecular formula is C14H24N2. The normalized spacial score (nSPS) is 13.1. The molecule has 0 saturated carbocycles. The van der Waals surface area contributed by atoms with Crippen molar-refractivity contribution in [2.45, 2.75) is 26.3 Å². The van der Waals surface area contributed by atoms with Crippen LogP contribution in [0.4, 0.5) is 0 Å². The number of likely N-dealkylation sites (N-methyl/N-ethyl adjacent to an activating group) is 1. The van der Waals surface area contributed by atoms with Crippen molar-refractivity contribution < 1.29 is 0 Å². The molecular weight excluding hydrogens is 196 g/mol. The maximum atomic E-state index is 3.55. The summed E-state index contributed by atoms with van der Waals surface area (Å²) in [5.74, 6) is 0. The van der Waals surface area contributed by atoms with Gasteiger partial charge in [0.15, 0.2) is 0 Å². The Morgan fingerprint density at radius 1 is 1.25 bits per heavy atom. The maximum Gasteiger partial charge on any atom is 0.0101 e. The van der Waals surface area contributed by atoms with E-state index in [2.05, 4.69) is 62.4 Å². The van der Waals surface area contributed by atoms with Crippen LogP contribution >= 0.6 is 0 Å². The second-order valence-electron chi connectivity index (χ2n) is 4.79. The Morgan fingerprint density at radius 3 is 2.56 bits per heavy atom. The van der Waals surface area contributed by atoms with E-state index in [-0.39, 0.29) is 0 Å². The average Bonchev–Trinajstić information content (AvgIpc) is 2.21. The van der Waals surface area contributed by atoms with Crippen LogP contribution in [0.15, 0.2) is 24.3 Å². The molecule has 16 heavy (non-hydrogen) atoms. The Kier molecular flexibility index (Phi) is 5.50. The lowest BCUT2D eigenvalue weighted by atomic mass is 10.0. The van der Waals surface area contributed by atoms with Gasteiger partial charge in [-0.1, -0.05) is 24.3 Å². The first-order valence-electron chi connectivity index (χ1n) is 6.02. The number of benzene rings is 1. The predicted octanol–water partition coefficient (Wildman–Crippen LogP) is 2.08. The molecule has 1 N–H and O–H groups in total. The smallest absolute Gasteiger partial charge is 0.0101 e. The van der Waals surface area contributed by atoms with Gasteiger partial charge < -0.3 is 10.2 Å². The molecule has 0 aliphatic rings. The molecule has 2 nitrogen and oxygen atoms in total. The van der Waals surface area contributed by atoms with Crippen LogP contribution in [0.5, 0.6) is 0 Å². The second-order valence-corrected chi connectivity index (χ2v) is 4.79. The lowest BCUT2D eigenvalue weighted by Gasteiger charge is -2.17. The number of nitrogens with zero attached hydrogens (tertiary/aromatic N) is 1. The third-order valence-corrected chi connectivity index (χ3v) is 2.84.